The molecule has 2 aromatic carbocycles. The lowest BCUT2D eigenvalue weighted by Gasteiger charge is -2.28. The minimum atomic E-state index is -0.914. The number of furan rings is 2. The number of para-hydroxylation sites is 2. The van der Waals surface area contributed by atoms with Crippen molar-refractivity contribution in [2.24, 2.45) is 5.73 Å². The number of hydroxylamine groups is 2. The van der Waals surface area contributed by atoms with Crippen molar-refractivity contribution in [3.63, 3.8) is 0 Å². The van der Waals surface area contributed by atoms with E-state index >= 15 is 0 Å². The SMILES string of the molecule is CC(C(c1coc2ccccc12)c1coc2ccccc12)N(O)C(N)=O. The van der Waals surface area contributed by atoms with E-state index in [1.807, 2.05) is 48.5 Å². The molecule has 3 N–H and O–H groups in total. The Morgan fingerprint density at radius 1 is 0.962 bits per heavy atom. The van der Waals surface area contributed by atoms with Crippen LogP contribution in [0.1, 0.15) is 24.0 Å². The highest BCUT2D eigenvalue weighted by molar-refractivity contribution is 5.86. The van der Waals surface area contributed by atoms with Crippen LogP contribution < -0.4 is 5.73 Å². The van der Waals surface area contributed by atoms with Gasteiger partial charge in [-0.3, -0.25) is 5.21 Å². The van der Waals surface area contributed by atoms with Crippen LogP contribution in [0.4, 0.5) is 4.79 Å². The van der Waals surface area contributed by atoms with Crippen molar-refractivity contribution in [3.05, 3.63) is 72.2 Å². The van der Waals surface area contributed by atoms with E-state index < -0.39 is 12.1 Å². The van der Waals surface area contributed by atoms with Gasteiger partial charge in [-0.1, -0.05) is 36.4 Å². The number of benzene rings is 2. The van der Waals surface area contributed by atoms with Crippen LogP contribution >= 0.6 is 0 Å². The van der Waals surface area contributed by atoms with Crippen LogP contribution in [0.15, 0.2) is 69.9 Å². The maximum atomic E-state index is 11.6. The Kier molecular flexibility index (Phi) is 3.89. The van der Waals surface area contributed by atoms with Crippen LogP contribution in [0.2, 0.25) is 0 Å². The predicted molar refractivity (Wildman–Crippen MR) is 96.9 cm³/mol. The summed E-state index contributed by atoms with van der Waals surface area (Å²) in [4.78, 5) is 11.6. The van der Waals surface area contributed by atoms with Crippen molar-refractivity contribution >= 4 is 28.0 Å². The molecule has 2 heterocycles. The van der Waals surface area contributed by atoms with Crippen LogP contribution in [0.25, 0.3) is 21.9 Å². The normalized spacial score (nSPS) is 12.7. The van der Waals surface area contributed by atoms with Gasteiger partial charge in [-0.15, -0.1) is 0 Å². The molecule has 6 nitrogen and oxygen atoms in total. The quantitative estimate of drug-likeness (QED) is 0.419. The number of amides is 2. The summed E-state index contributed by atoms with van der Waals surface area (Å²) in [7, 11) is 0. The molecule has 26 heavy (non-hydrogen) atoms. The van der Waals surface area contributed by atoms with Gasteiger partial charge in [-0.2, -0.15) is 0 Å². The molecule has 0 radical (unpaired) electrons. The molecule has 2 aromatic heterocycles. The summed E-state index contributed by atoms with van der Waals surface area (Å²) in [5.41, 5.74) is 8.46. The van der Waals surface area contributed by atoms with Crippen LogP contribution in [0.3, 0.4) is 0 Å². The van der Waals surface area contributed by atoms with Gasteiger partial charge in [-0.05, 0) is 19.1 Å². The van der Waals surface area contributed by atoms with Gasteiger partial charge in [0.05, 0.1) is 18.6 Å². The highest BCUT2D eigenvalue weighted by atomic mass is 16.5. The summed E-state index contributed by atoms with van der Waals surface area (Å²) >= 11 is 0. The fraction of sp³-hybridized carbons (Fsp3) is 0.150. The molecule has 0 bridgehead atoms. The third-order valence-corrected chi connectivity index (χ3v) is 4.79. The molecule has 0 aliphatic carbocycles. The third kappa shape index (κ3) is 2.51. The van der Waals surface area contributed by atoms with E-state index in [0.717, 1.165) is 33.1 Å². The average molecular weight is 350 g/mol. The fourth-order valence-corrected chi connectivity index (χ4v) is 3.51. The molecule has 0 fully saturated rings. The number of carbonyl (C=O) groups excluding carboxylic acids is 1. The van der Waals surface area contributed by atoms with E-state index in [4.69, 9.17) is 14.6 Å². The zero-order valence-electron chi connectivity index (χ0n) is 14.1. The first-order valence-corrected chi connectivity index (χ1v) is 8.27. The van der Waals surface area contributed by atoms with E-state index in [1.54, 1.807) is 19.5 Å². The van der Waals surface area contributed by atoms with Crippen molar-refractivity contribution in [3.8, 4) is 0 Å². The van der Waals surface area contributed by atoms with Crippen molar-refractivity contribution in [2.45, 2.75) is 18.9 Å². The van der Waals surface area contributed by atoms with Crippen LogP contribution in [-0.2, 0) is 0 Å². The van der Waals surface area contributed by atoms with Gasteiger partial charge in [0, 0.05) is 27.8 Å². The summed E-state index contributed by atoms with van der Waals surface area (Å²) in [5.74, 6) is -0.389. The monoisotopic (exact) mass is 350 g/mol. The smallest absolute Gasteiger partial charge is 0.338 e. The Morgan fingerprint density at radius 3 is 1.88 bits per heavy atom. The summed E-state index contributed by atoms with van der Waals surface area (Å²) in [6.07, 6.45) is 3.31. The minimum absolute atomic E-state index is 0.389. The number of primary amides is 1. The predicted octanol–water partition coefficient (Wildman–Crippen LogP) is 4.47. The van der Waals surface area contributed by atoms with E-state index in [-0.39, 0.29) is 5.92 Å². The number of hydrogen-bond acceptors (Lipinski definition) is 4. The molecule has 0 aliphatic heterocycles. The zero-order chi connectivity index (χ0) is 18.3. The Morgan fingerprint density at radius 2 is 1.42 bits per heavy atom. The molecule has 0 aliphatic rings. The lowest BCUT2D eigenvalue weighted by Crippen LogP contribution is -2.42. The molecule has 2 amide bonds. The molecule has 0 saturated heterocycles. The number of rotatable bonds is 4. The van der Waals surface area contributed by atoms with Gasteiger partial charge < -0.3 is 14.6 Å². The van der Waals surface area contributed by atoms with Crippen LogP contribution in [0.5, 0.6) is 0 Å². The van der Waals surface area contributed by atoms with E-state index in [0.29, 0.717) is 5.06 Å². The lowest BCUT2D eigenvalue weighted by atomic mass is 9.85. The molecule has 132 valence electrons. The number of nitrogens with zero attached hydrogens (tertiary/aromatic N) is 1. The van der Waals surface area contributed by atoms with Crippen LogP contribution in [-0.4, -0.2) is 22.3 Å². The second-order valence-electron chi connectivity index (χ2n) is 6.28. The second-order valence-corrected chi connectivity index (χ2v) is 6.28. The molecule has 1 atom stereocenters. The number of nitrogens with two attached hydrogens (primary N) is 1. The molecule has 0 saturated carbocycles. The highest BCUT2D eigenvalue weighted by Gasteiger charge is 2.32. The standard InChI is InChI=1S/C20H18N2O4/c1-12(22(24)20(21)23)19(15-10-25-17-8-4-2-6-13(15)17)16-11-26-18-9-5-3-7-14(16)18/h2-12,19,24H,1H3,(H2,21,23). The molecule has 0 spiro atoms. The summed E-state index contributed by atoms with van der Waals surface area (Å²) in [6.45, 7) is 1.74. The van der Waals surface area contributed by atoms with Gasteiger partial charge in [0.25, 0.3) is 0 Å². The van der Waals surface area contributed by atoms with Crippen molar-refractivity contribution < 1.29 is 18.8 Å². The zero-order valence-corrected chi connectivity index (χ0v) is 14.1. The Bertz CT molecular complexity index is 1010. The van der Waals surface area contributed by atoms with E-state index in [1.165, 1.54) is 0 Å². The third-order valence-electron chi connectivity index (χ3n) is 4.79. The van der Waals surface area contributed by atoms with Crippen LogP contribution in [0, 0.1) is 0 Å². The Labute approximate surface area is 149 Å². The molecule has 1 unspecified atom stereocenters. The summed E-state index contributed by atoms with van der Waals surface area (Å²) in [6, 6.07) is 13.7. The maximum Gasteiger partial charge on any atom is 0.338 e. The first kappa shape index (κ1) is 16.2. The first-order chi connectivity index (χ1) is 12.6. The number of fused-ring (bicyclic) bond motifs is 2. The lowest BCUT2D eigenvalue weighted by molar-refractivity contribution is -0.0735. The van der Waals surface area contributed by atoms with E-state index in [2.05, 4.69) is 0 Å². The number of carbonyl (C=O) groups is 1. The second kappa shape index (κ2) is 6.24. The van der Waals surface area contributed by atoms with Gasteiger partial charge in [0.2, 0.25) is 0 Å². The van der Waals surface area contributed by atoms with Crippen molar-refractivity contribution in [2.75, 3.05) is 0 Å². The number of hydrogen-bond donors (Lipinski definition) is 2. The van der Waals surface area contributed by atoms with E-state index in [9.17, 15) is 10.0 Å². The van der Waals surface area contributed by atoms with Gasteiger partial charge in [0.15, 0.2) is 0 Å². The molecular weight excluding hydrogens is 332 g/mol. The molecule has 4 rings (SSSR count). The average Bonchev–Trinajstić information content (AvgIpc) is 3.27. The van der Waals surface area contributed by atoms with Crippen molar-refractivity contribution in [1.29, 1.82) is 0 Å². The molecule has 4 aromatic rings. The van der Waals surface area contributed by atoms with Gasteiger partial charge in [-0.25, -0.2) is 9.86 Å². The largest absolute Gasteiger partial charge is 0.464 e. The maximum absolute atomic E-state index is 11.6. The fourth-order valence-electron chi connectivity index (χ4n) is 3.51. The van der Waals surface area contributed by atoms with Gasteiger partial charge in [0.1, 0.15) is 11.2 Å². The molecular formula is C20H18N2O4. The minimum Gasteiger partial charge on any atom is -0.464 e. The Hall–Kier alpha value is -3.25. The number of urea groups is 1. The van der Waals surface area contributed by atoms with Gasteiger partial charge >= 0.3 is 6.03 Å². The Balaban J connectivity index is 1.94. The van der Waals surface area contributed by atoms with Crippen molar-refractivity contribution in [1.82, 2.24) is 5.06 Å². The molecule has 6 heteroatoms. The topological polar surface area (TPSA) is 92.8 Å². The highest BCUT2D eigenvalue weighted by Crippen LogP contribution is 2.39. The summed E-state index contributed by atoms with van der Waals surface area (Å²) < 4.78 is 11.4. The summed E-state index contributed by atoms with van der Waals surface area (Å²) in [5, 5.41) is 12.6. The first-order valence-electron chi connectivity index (χ1n) is 8.27.